The topological polar surface area (TPSA) is 41.6 Å². The van der Waals surface area contributed by atoms with E-state index in [2.05, 4.69) is 37.4 Å². The van der Waals surface area contributed by atoms with E-state index in [4.69, 9.17) is 4.74 Å². The predicted molar refractivity (Wildman–Crippen MR) is 84.2 cm³/mol. The van der Waals surface area contributed by atoms with Crippen molar-refractivity contribution in [3.05, 3.63) is 34.9 Å². The van der Waals surface area contributed by atoms with Crippen molar-refractivity contribution in [1.29, 1.82) is 0 Å². The van der Waals surface area contributed by atoms with E-state index in [1.165, 1.54) is 16.7 Å². The molecule has 0 bridgehead atoms. The molecule has 0 radical (unpaired) electrons. The molecule has 0 aliphatic carbocycles. The molecule has 1 aromatic rings. The Morgan fingerprint density at radius 2 is 2.05 bits per heavy atom. The van der Waals surface area contributed by atoms with E-state index < -0.39 is 0 Å². The highest BCUT2D eigenvalue weighted by molar-refractivity contribution is 5.77. The van der Waals surface area contributed by atoms with E-state index in [9.17, 15) is 4.79 Å². The monoisotopic (exact) mass is 290 g/mol. The van der Waals surface area contributed by atoms with Gasteiger partial charge < -0.3 is 15.0 Å². The van der Waals surface area contributed by atoms with Crippen LogP contribution in [0.2, 0.25) is 0 Å². The van der Waals surface area contributed by atoms with E-state index in [1.54, 1.807) is 7.11 Å². The molecule has 1 saturated heterocycles. The summed E-state index contributed by atoms with van der Waals surface area (Å²) < 4.78 is 4.91. The third-order valence-electron chi connectivity index (χ3n) is 4.41. The Hall–Kier alpha value is -1.39. The zero-order chi connectivity index (χ0) is 15.2. The molecular weight excluding hydrogens is 264 g/mol. The number of rotatable bonds is 5. The number of hydrogen-bond acceptors (Lipinski definition) is 3. The Bertz CT molecular complexity index is 480. The van der Waals surface area contributed by atoms with Gasteiger partial charge in [-0.3, -0.25) is 4.79 Å². The summed E-state index contributed by atoms with van der Waals surface area (Å²) >= 11 is 0. The van der Waals surface area contributed by atoms with Crippen LogP contribution in [0.1, 0.15) is 29.5 Å². The van der Waals surface area contributed by atoms with E-state index in [0.29, 0.717) is 6.04 Å². The molecule has 1 heterocycles. The summed E-state index contributed by atoms with van der Waals surface area (Å²) in [5, 5.41) is 3.63. The number of nitrogens with one attached hydrogen (secondary N) is 1. The first-order valence-electron chi connectivity index (χ1n) is 7.67. The number of ether oxygens (including phenoxy) is 1. The summed E-state index contributed by atoms with van der Waals surface area (Å²) in [6.07, 6.45) is 2.03. The number of methoxy groups -OCH3 is 1. The summed E-state index contributed by atoms with van der Waals surface area (Å²) in [4.78, 5) is 13.6. The molecule has 1 amide bonds. The first-order chi connectivity index (χ1) is 10.1. The van der Waals surface area contributed by atoms with Crippen molar-refractivity contribution in [2.75, 3.05) is 26.8 Å². The molecule has 116 valence electrons. The number of carbonyl (C=O) groups is 1. The largest absolute Gasteiger partial charge is 0.375 e. The van der Waals surface area contributed by atoms with Crippen LogP contribution in [0.15, 0.2) is 18.2 Å². The normalized spacial score (nSPS) is 16.2. The summed E-state index contributed by atoms with van der Waals surface area (Å²) in [6.45, 7) is 7.08. The Morgan fingerprint density at radius 1 is 1.33 bits per heavy atom. The van der Waals surface area contributed by atoms with Gasteiger partial charge >= 0.3 is 0 Å². The van der Waals surface area contributed by atoms with Gasteiger partial charge in [0, 0.05) is 32.8 Å². The number of aryl methyl sites for hydroxylation is 1. The zero-order valence-corrected chi connectivity index (χ0v) is 13.3. The van der Waals surface area contributed by atoms with E-state index in [-0.39, 0.29) is 12.5 Å². The fourth-order valence-electron chi connectivity index (χ4n) is 2.81. The fourth-order valence-corrected chi connectivity index (χ4v) is 2.81. The molecule has 4 heteroatoms. The Kier molecular flexibility index (Phi) is 5.76. The van der Waals surface area contributed by atoms with Crippen LogP contribution in [0.25, 0.3) is 0 Å². The third-order valence-corrected chi connectivity index (χ3v) is 4.41. The fraction of sp³-hybridized carbons (Fsp3) is 0.588. The lowest BCUT2D eigenvalue weighted by molar-refractivity contribution is -0.136. The number of likely N-dealkylation sites (tertiary alicyclic amines) is 1. The number of nitrogens with zero attached hydrogens (tertiary/aromatic N) is 1. The van der Waals surface area contributed by atoms with E-state index in [0.717, 1.165) is 32.5 Å². The lowest BCUT2D eigenvalue weighted by Gasteiger charge is -2.32. The maximum atomic E-state index is 11.7. The van der Waals surface area contributed by atoms with Crippen molar-refractivity contribution in [3.8, 4) is 0 Å². The van der Waals surface area contributed by atoms with Gasteiger partial charge in [-0.15, -0.1) is 0 Å². The van der Waals surface area contributed by atoms with Gasteiger partial charge in [-0.2, -0.15) is 0 Å². The second kappa shape index (κ2) is 7.57. The Morgan fingerprint density at radius 3 is 2.71 bits per heavy atom. The maximum Gasteiger partial charge on any atom is 0.248 e. The molecule has 1 aromatic carbocycles. The molecule has 21 heavy (non-hydrogen) atoms. The number of benzene rings is 1. The Balaban J connectivity index is 1.79. The van der Waals surface area contributed by atoms with Crippen molar-refractivity contribution in [2.24, 2.45) is 0 Å². The van der Waals surface area contributed by atoms with Gasteiger partial charge in [-0.05, 0) is 43.4 Å². The second-order valence-electron chi connectivity index (χ2n) is 5.83. The molecule has 1 aliphatic rings. The molecule has 0 aromatic heterocycles. The van der Waals surface area contributed by atoms with Gasteiger partial charge in [0.25, 0.3) is 0 Å². The minimum Gasteiger partial charge on any atom is -0.375 e. The molecule has 1 N–H and O–H groups in total. The van der Waals surface area contributed by atoms with Crippen LogP contribution in [0.3, 0.4) is 0 Å². The van der Waals surface area contributed by atoms with Crippen LogP contribution in [0, 0.1) is 13.8 Å². The summed E-state index contributed by atoms with van der Waals surface area (Å²) in [6, 6.07) is 6.95. The quantitative estimate of drug-likeness (QED) is 0.902. The number of piperidine rings is 1. The minimum absolute atomic E-state index is 0.102. The molecule has 0 spiro atoms. The van der Waals surface area contributed by atoms with Crippen LogP contribution in [-0.4, -0.2) is 43.7 Å². The van der Waals surface area contributed by atoms with Gasteiger partial charge in [-0.25, -0.2) is 0 Å². The standard InChI is InChI=1S/C17H26N2O2/c1-13-5-4-6-15(14(13)2)11-18-16-7-9-19(10-8-16)17(20)12-21-3/h4-6,16,18H,7-12H2,1-3H3. The first kappa shape index (κ1) is 16.0. The summed E-state index contributed by atoms with van der Waals surface area (Å²) in [5.41, 5.74) is 4.08. The highest BCUT2D eigenvalue weighted by atomic mass is 16.5. The van der Waals surface area contributed by atoms with Gasteiger partial charge in [0.1, 0.15) is 6.61 Å². The molecule has 0 saturated carbocycles. The molecular formula is C17H26N2O2. The maximum absolute atomic E-state index is 11.7. The number of hydrogen-bond donors (Lipinski definition) is 1. The zero-order valence-electron chi connectivity index (χ0n) is 13.3. The average molecular weight is 290 g/mol. The van der Waals surface area contributed by atoms with Crippen LogP contribution >= 0.6 is 0 Å². The van der Waals surface area contributed by atoms with Crippen LogP contribution in [0.4, 0.5) is 0 Å². The molecule has 0 atom stereocenters. The first-order valence-corrected chi connectivity index (χ1v) is 7.67. The molecule has 2 rings (SSSR count). The van der Waals surface area contributed by atoms with Crippen molar-refractivity contribution >= 4 is 5.91 Å². The van der Waals surface area contributed by atoms with Crippen LogP contribution < -0.4 is 5.32 Å². The van der Waals surface area contributed by atoms with Crippen LogP contribution in [-0.2, 0) is 16.1 Å². The van der Waals surface area contributed by atoms with Gasteiger partial charge in [-0.1, -0.05) is 18.2 Å². The minimum atomic E-state index is 0.102. The molecule has 0 unspecified atom stereocenters. The van der Waals surface area contributed by atoms with Gasteiger partial charge in [0.15, 0.2) is 0 Å². The third kappa shape index (κ3) is 4.29. The van der Waals surface area contributed by atoms with E-state index >= 15 is 0 Å². The Labute approximate surface area is 127 Å². The van der Waals surface area contributed by atoms with Gasteiger partial charge in [0.2, 0.25) is 5.91 Å². The predicted octanol–water partition coefficient (Wildman–Crippen LogP) is 2.03. The van der Waals surface area contributed by atoms with Crippen molar-refractivity contribution < 1.29 is 9.53 Å². The number of carbonyl (C=O) groups excluding carboxylic acids is 1. The highest BCUT2D eigenvalue weighted by Crippen LogP contribution is 2.15. The smallest absolute Gasteiger partial charge is 0.248 e. The summed E-state index contributed by atoms with van der Waals surface area (Å²) in [7, 11) is 1.57. The SMILES string of the molecule is COCC(=O)N1CCC(NCc2cccc(C)c2C)CC1. The van der Waals surface area contributed by atoms with Gasteiger partial charge in [0.05, 0.1) is 0 Å². The number of amides is 1. The second-order valence-corrected chi connectivity index (χ2v) is 5.83. The molecule has 4 nitrogen and oxygen atoms in total. The van der Waals surface area contributed by atoms with Crippen molar-refractivity contribution in [2.45, 2.75) is 39.3 Å². The van der Waals surface area contributed by atoms with Crippen molar-refractivity contribution in [3.63, 3.8) is 0 Å². The van der Waals surface area contributed by atoms with Crippen molar-refractivity contribution in [1.82, 2.24) is 10.2 Å². The summed E-state index contributed by atoms with van der Waals surface area (Å²) in [5.74, 6) is 0.102. The highest BCUT2D eigenvalue weighted by Gasteiger charge is 2.22. The van der Waals surface area contributed by atoms with E-state index in [1.807, 2.05) is 4.90 Å². The van der Waals surface area contributed by atoms with Crippen LogP contribution in [0.5, 0.6) is 0 Å². The average Bonchev–Trinajstić information content (AvgIpc) is 2.49. The molecule has 1 aliphatic heterocycles. The lowest BCUT2D eigenvalue weighted by atomic mass is 10.0. The lowest BCUT2D eigenvalue weighted by Crippen LogP contribution is -2.45. The molecule has 1 fully saturated rings.